The van der Waals surface area contributed by atoms with Crippen LogP contribution in [0.25, 0.3) is 10.9 Å². The van der Waals surface area contributed by atoms with E-state index < -0.39 is 54.0 Å². The molecule has 1 heterocycles. The zero-order valence-electron chi connectivity index (χ0n) is 22.7. The second-order valence-electron chi connectivity index (χ2n) is 10.3. The Morgan fingerprint density at radius 2 is 1.58 bits per heavy atom. The first-order chi connectivity index (χ1) is 17.8. The van der Waals surface area contributed by atoms with E-state index in [0.717, 1.165) is 16.5 Å². The van der Waals surface area contributed by atoms with E-state index in [1.54, 1.807) is 6.92 Å². The molecule has 0 fully saturated rings. The lowest BCUT2D eigenvalue weighted by Crippen LogP contribution is -2.60. The molecule has 210 valence electrons. The van der Waals surface area contributed by atoms with Crippen LogP contribution in [0, 0.1) is 11.8 Å². The van der Waals surface area contributed by atoms with E-state index in [0.29, 0.717) is 12.8 Å². The average molecular weight is 532 g/mol. The lowest BCUT2D eigenvalue weighted by atomic mass is 9.96. The Morgan fingerprint density at radius 3 is 2.16 bits per heavy atom. The predicted octanol–water partition coefficient (Wildman–Crippen LogP) is 1.05. The summed E-state index contributed by atoms with van der Waals surface area (Å²) in [6.07, 6.45) is 1.55. The van der Waals surface area contributed by atoms with Gasteiger partial charge in [0.25, 0.3) is 0 Å². The number of carbonyl (C=O) groups excluding carboxylic acids is 3. The third kappa shape index (κ3) is 8.29. The van der Waals surface area contributed by atoms with Crippen molar-refractivity contribution in [2.45, 2.75) is 84.2 Å². The molecule has 0 radical (unpaired) electrons. The van der Waals surface area contributed by atoms with Crippen molar-refractivity contribution < 1.29 is 29.4 Å². The molecule has 0 aliphatic carbocycles. The molecule has 8 N–H and O–H groups in total. The number of aliphatic hydroxyl groups excluding tert-OH is 1. The molecule has 0 aliphatic heterocycles. The van der Waals surface area contributed by atoms with Crippen LogP contribution in [0.2, 0.25) is 0 Å². The number of aliphatic carboxylic acids is 1. The Balaban J connectivity index is 2.15. The highest BCUT2D eigenvalue weighted by atomic mass is 16.4. The van der Waals surface area contributed by atoms with Gasteiger partial charge in [0.1, 0.15) is 12.1 Å². The summed E-state index contributed by atoms with van der Waals surface area (Å²) in [6.45, 7) is 8.63. The average Bonchev–Trinajstić information content (AvgIpc) is 3.26. The Labute approximate surface area is 222 Å². The maximum atomic E-state index is 13.3. The number of amides is 3. The Kier molecular flexibility index (Phi) is 11.3. The number of hydrogen-bond donors (Lipinski definition) is 7. The van der Waals surface area contributed by atoms with Crippen molar-refractivity contribution in [3.8, 4) is 0 Å². The number of carbonyl (C=O) groups is 4. The summed E-state index contributed by atoms with van der Waals surface area (Å²) in [5.41, 5.74) is 8.02. The quantitative estimate of drug-likeness (QED) is 0.190. The van der Waals surface area contributed by atoms with E-state index in [-0.39, 0.29) is 18.3 Å². The van der Waals surface area contributed by atoms with E-state index in [2.05, 4.69) is 20.9 Å². The van der Waals surface area contributed by atoms with Gasteiger partial charge in [-0.1, -0.05) is 52.3 Å². The number of aromatic amines is 1. The first-order valence-corrected chi connectivity index (χ1v) is 13.0. The Hall–Kier alpha value is -3.44. The standard InChI is InChI=1S/C27H41N5O6/c1-6-15(4)22(26(36)32-23(16(5)33)27(37)38)31-25(35)21(11-14(2)3)30-24(34)19(28)12-17-13-29-20-10-8-7-9-18(17)20/h7-10,13-16,19,21-23,29,33H,6,11-12,28H2,1-5H3,(H,30,34)(H,31,35)(H,32,36)(H,37,38). The normalized spacial score (nSPS) is 16.2. The lowest BCUT2D eigenvalue weighted by Gasteiger charge is -2.29. The molecule has 2 aromatic rings. The molecule has 38 heavy (non-hydrogen) atoms. The number of para-hydroxylation sites is 1. The minimum absolute atomic E-state index is 0.0402. The number of benzene rings is 1. The molecule has 2 rings (SSSR count). The van der Waals surface area contributed by atoms with Crippen molar-refractivity contribution in [3.63, 3.8) is 0 Å². The fraction of sp³-hybridized carbons (Fsp3) is 0.556. The van der Waals surface area contributed by atoms with Crippen LogP contribution in [0.3, 0.4) is 0 Å². The molecule has 0 saturated carbocycles. The van der Waals surface area contributed by atoms with E-state index in [9.17, 15) is 29.4 Å². The van der Waals surface area contributed by atoms with Gasteiger partial charge in [0, 0.05) is 17.1 Å². The van der Waals surface area contributed by atoms with Crippen LogP contribution in [-0.4, -0.2) is 69.2 Å². The number of aliphatic hydroxyl groups is 1. The lowest BCUT2D eigenvalue weighted by molar-refractivity contribution is -0.145. The maximum absolute atomic E-state index is 13.3. The fourth-order valence-corrected chi connectivity index (χ4v) is 4.20. The van der Waals surface area contributed by atoms with Crippen molar-refractivity contribution in [1.29, 1.82) is 0 Å². The number of H-pyrrole nitrogens is 1. The fourth-order valence-electron chi connectivity index (χ4n) is 4.20. The predicted molar refractivity (Wildman–Crippen MR) is 144 cm³/mol. The molecule has 6 unspecified atom stereocenters. The molecule has 0 spiro atoms. The number of nitrogens with one attached hydrogen (secondary N) is 4. The highest BCUT2D eigenvalue weighted by Gasteiger charge is 2.34. The van der Waals surface area contributed by atoms with Gasteiger partial charge in [0.15, 0.2) is 6.04 Å². The van der Waals surface area contributed by atoms with Gasteiger partial charge < -0.3 is 36.9 Å². The zero-order valence-corrected chi connectivity index (χ0v) is 22.7. The van der Waals surface area contributed by atoms with Crippen LogP contribution in [-0.2, 0) is 25.6 Å². The topological polar surface area (TPSA) is 187 Å². The van der Waals surface area contributed by atoms with E-state index in [1.807, 2.05) is 51.2 Å². The number of fused-ring (bicyclic) bond motifs is 1. The second kappa shape index (κ2) is 13.9. The van der Waals surface area contributed by atoms with Crippen LogP contribution < -0.4 is 21.7 Å². The van der Waals surface area contributed by atoms with Gasteiger partial charge in [-0.15, -0.1) is 0 Å². The number of nitrogens with two attached hydrogens (primary N) is 1. The van der Waals surface area contributed by atoms with Crippen molar-refractivity contribution in [2.24, 2.45) is 17.6 Å². The van der Waals surface area contributed by atoms with Gasteiger partial charge in [-0.2, -0.15) is 0 Å². The monoisotopic (exact) mass is 531 g/mol. The van der Waals surface area contributed by atoms with Crippen LogP contribution in [0.4, 0.5) is 0 Å². The number of carboxylic acids is 1. The first-order valence-electron chi connectivity index (χ1n) is 13.0. The first kappa shape index (κ1) is 30.8. The number of rotatable bonds is 14. The van der Waals surface area contributed by atoms with E-state index in [4.69, 9.17) is 5.73 Å². The molecule has 0 saturated heterocycles. The molecule has 11 nitrogen and oxygen atoms in total. The summed E-state index contributed by atoms with van der Waals surface area (Å²) in [4.78, 5) is 53.8. The minimum Gasteiger partial charge on any atom is -0.480 e. The highest BCUT2D eigenvalue weighted by molar-refractivity contribution is 5.94. The summed E-state index contributed by atoms with van der Waals surface area (Å²) in [5, 5.41) is 27.7. The molecule has 6 atom stereocenters. The summed E-state index contributed by atoms with van der Waals surface area (Å²) in [5.74, 6) is -3.50. The summed E-state index contributed by atoms with van der Waals surface area (Å²) in [6, 6.07) is 3.21. The molecule has 0 bridgehead atoms. The minimum atomic E-state index is -1.53. The SMILES string of the molecule is CCC(C)C(NC(=O)C(CC(C)C)NC(=O)C(N)Cc1c[nH]c2ccccc12)C(=O)NC(C(=O)O)C(C)O. The third-order valence-corrected chi connectivity index (χ3v) is 6.63. The van der Waals surface area contributed by atoms with E-state index in [1.165, 1.54) is 6.92 Å². The van der Waals surface area contributed by atoms with Crippen LogP contribution in [0.5, 0.6) is 0 Å². The van der Waals surface area contributed by atoms with Crippen LogP contribution in [0.1, 0.15) is 53.0 Å². The van der Waals surface area contributed by atoms with Gasteiger partial charge in [-0.3, -0.25) is 14.4 Å². The van der Waals surface area contributed by atoms with Crippen molar-refractivity contribution in [3.05, 3.63) is 36.0 Å². The molecule has 1 aromatic heterocycles. The smallest absolute Gasteiger partial charge is 0.328 e. The van der Waals surface area contributed by atoms with Gasteiger partial charge in [0.2, 0.25) is 17.7 Å². The van der Waals surface area contributed by atoms with Gasteiger partial charge in [0.05, 0.1) is 12.1 Å². The number of carboxylic acid groups (broad SMARTS) is 1. The van der Waals surface area contributed by atoms with Crippen LogP contribution in [0.15, 0.2) is 30.5 Å². The molecular weight excluding hydrogens is 490 g/mol. The summed E-state index contributed by atoms with van der Waals surface area (Å²) < 4.78 is 0. The molecular formula is C27H41N5O6. The second-order valence-corrected chi connectivity index (χ2v) is 10.3. The van der Waals surface area contributed by atoms with E-state index >= 15 is 0 Å². The molecule has 3 amide bonds. The zero-order chi connectivity index (χ0) is 28.6. The third-order valence-electron chi connectivity index (χ3n) is 6.63. The Morgan fingerprint density at radius 1 is 0.947 bits per heavy atom. The van der Waals surface area contributed by atoms with Gasteiger partial charge >= 0.3 is 5.97 Å². The van der Waals surface area contributed by atoms with Crippen molar-refractivity contribution >= 4 is 34.6 Å². The molecule has 0 aliphatic rings. The van der Waals surface area contributed by atoms with Crippen LogP contribution >= 0.6 is 0 Å². The number of hydrogen-bond acceptors (Lipinski definition) is 6. The van der Waals surface area contributed by atoms with Crippen molar-refractivity contribution in [2.75, 3.05) is 0 Å². The Bertz CT molecular complexity index is 1110. The largest absolute Gasteiger partial charge is 0.480 e. The molecule has 11 heteroatoms. The number of aromatic nitrogens is 1. The van der Waals surface area contributed by atoms with Crippen molar-refractivity contribution in [1.82, 2.24) is 20.9 Å². The molecule has 1 aromatic carbocycles. The summed E-state index contributed by atoms with van der Waals surface area (Å²) in [7, 11) is 0. The van der Waals surface area contributed by atoms with Gasteiger partial charge in [-0.25, -0.2) is 4.79 Å². The van der Waals surface area contributed by atoms with Gasteiger partial charge in [-0.05, 0) is 43.2 Å². The highest BCUT2D eigenvalue weighted by Crippen LogP contribution is 2.19. The maximum Gasteiger partial charge on any atom is 0.328 e. The summed E-state index contributed by atoms with van der Waals surface area (Å²) >= 11 is 0.